The first-order valence-corrected chi connectivity index (χ1v) is 10.7. The molecule has 1 N–H and O–H groups in total. The van der Waals surface area contributed by atoms with Crippen molar-refractivity contribution in [3.63, 3.8) is 0 Å². The minimum atomic E-state index is -4.35. The minimum Gasteiger partial charge on any atom is -0.378 e. The Kier molecular flexibility index (Phi) is 5.77. The minimum absolute atomic E-state index is 0.0250. The number of hydrogen-bond donors (Lipinski definition) is 1. The maximum atomic E-state index is 13.6. The van der Waals surface area contributed by atoms with Gasteiger partial charge in [0.25, 0.3) is 0 Å². The van der Waals surface area contributed by atoms with Crippen LogP contribution in [0.25, 0.3) is 0 Å². The van der Waals surface area contributed by atoms with Crippen molar-refractivity contribution in [2.24, 2.45) is 0 Å². The molecule has 29 heavy (non-hydrogen) atoms. The van der Waals surface area contributed by atoms with Crippen LogP contribution < -0.4 is 5.32 Å². The summed E-state index contributed by atoms with van der Waals surface area (Å²) in [5.41, 5.74) is 0.557. The van der Waals surface area contributed by atoms with Crippen LogP contribution in [-0.2, 0) is 9.53 Å². The maximum Gasteiger partial charge on any atom is 0.410 e. The number of fused-ring (bicyclic) bond motifs is 1. The van der Waals surface area contributed by atoms with Gasteiger partial charge in [-0.05, 0) is 44.9 Å². The number of amides is 1. The Bertz CT molecular complexity index is 730. The predicted molar refractivity (Wildman–Crippen MR) is 102 cm³/mol. The van der Waals surface area contributed by atoms with Gasteiger partial charge in [-0.1, -0.05) is 6.92 Å². The summed E-state index contributed by atoms with van der Waals surface area (Å²) in [6.45, 7) is 3.27. The summed E-state index contributed by atoms with van der Waals surface area (Å²) < 4.78 is 47.5. The first-order valence-electron chi connectivity index (χ1n) is 10.7. The highest BCUT2D eigenvalue weighted by Crippen LogP contribution is 2.42. The third-order valence-electron chi connectivity index (χ3n) is 6.40. The molecular formula is C20H29F3N4O2. The molecule has 1 amide bonds. The lowest BCUT2D eigenvalue weighted by atomic mass is 10.0. The first kappa shape index (κ1) is 20.5. The van der Waals surface area contributed by atoms with E-state index < -0.39 is 12.2 Å². The zero-order valence-electron chi connectivity index (χ0n) is 16.7. The van der Waals surface area contributed by atoms with Gasteiger partial charge in [-0.3, -0.25) is 4.79 Å². The predicted octanol–water partition coefficient (Wildman–Crippen LogP) is 4.20. The van der Waals surface area contributed by atoms with Crippen LogP contribution in [0, 0.1) is 0 Å². The van der Waals surface area contributed by atoms with E-state index in [2.05, 4.69) is 10.4 Å². The molecule has 0 bridgehead atoms. The summed E-state index contributed by atoms with van der Waals surface area (Å²) in [4.78, 5) is 14.6. The molecule has 0 aliphatic carbocycles. The van der Waals surface area contributed by atoms with Crippen LogP contribution in [0.4, 0.5) is 19.0 Å². The lowest BCUT2D eigenvalue weighted by Crippen LogP contribution is -2.39. The first-order chi connectivity index (χ1) is 13.9. The lowest BCUT2D eigenvalue weighted by molar-refractivity contribution is -0.173. The number of anilines is 1. The zero-order valence-corrected chi connectivity index (χ0v) is 16.7. The third-order valence-corrected chi connectivity index (χ3v) is 6.40. The van der Waals surface area contributed by atoms with E-state index in [1.165, 1.54) is 0 Å². The lowest BCUT2D eigenvalue weighted by Gasteiger charge is -2.32. The molecule has 0 aromatic carbocycles. The van der Waals surface area contributed by atoms with Gasteiger partial charge in [0.2, 0.25) is 5.91 Å². The van der Waals surface area contributed by atoms with Crippen molar-refractivity contribution in [3.05, 3.63) is 11.8 Å². The summed E-state index contributed by atoms with van der Waals surface area (Å²) in [6, 6.07) is -0.397. The molecule has 4 heterocycles. The van der Waals surface area contributed by atoms with E-state index in [1.54, 1.807) is 11.0 Å². The van der Waals surface area contributed by atoms with Crippen LogP contribution in [-0.4, -0.2) is 52.1 Å². The van der Waals surface area contributed by atoms with Gasteiger partial charge in [0.15, 0.2) is 6.04 Å². The zero-order chi connectivity index (χ0) is 20.6. The summed E-state index contributed by atoms with van der Waals surface area (Å²) in [5, 5.41) is 7.51. The molecule has 1 aromatic heterocycles. The van der Waals surface area contributed by atoms with Crippen LogP contribution in [0.1, 0.15) is 76.1 Å². The smallest absolute Gasteiger partial charge is 0.378 e. The molecule has 2 fully saturated rings. The molecule has 4 atom stereocenters. The molecule has 0 unspecified atom stereocenters. The highest BCUT2D eigenvalue weighted by molar-refractivity contribution is 5.77. The van der Waals surface area contributed by atoms with E-state index in [4.69, 9.17) is 4.74 Å². The topological polar surface area (TPSA) is 59.4 Å². The van der Waals surface area contributed by atoms with Crippen molar-refractivity contribution in [1.82, 2.24) is 14.7 Å². The second-order valence-electron chi connectivity index (χ2n) is 8.36. The molecule has 3 aliphatic heterocycles. The molecule has 3 aliphatic rings. The van der Waals surface area contributed by atoms with Crippen LogP contribution >= 0.6 is 0 Å². The normalized spacial score (nSPS) is 29.7. The second kappa shape index (κ2) is 8.16. The van der Waals surface area contributed by atoms with Crippen LogP contribution in [0.5, 0.6) is 0 Å². The van der Waals surface area contributed by atoms with Gasteiger partial charge in [-0.2, -0.15) is 18.3 Å². The number of alkyl halides is 3. The van der Waals surface area contributed by atoms with Gasteiger partial charge in [0, 0.05) is 31.7 Å². The Labute approximate surface area is 168 Å². The number of carbonyl (C=O) groups excluding carboxylic acids is 1. The van der Waals surface area contributed by atoms with Gasteiger partial charge < -0.3 is 15.0 Å². The fourth-order valence-electron chi connectivity index (χ4n) is 4.77. The van der Waals surface area contributed by atoms with Gasteiger partial charge in [0.05, 0.1) is 17.8 Å². The highest BCUT2D eigenvalue weighted by atomic mass is 19.4. The fourth-order valence-corrected chi connectivity index (χ4v) is 4.77. The molecule has 1 aromatic rings. The van der Waals surface area contributed by atoms with E-state index in [9.17, 15) is 18.0 Å². The highest BCUT2D eigenvalue weighted by Gasteiger charge is 2.46. The van der Waals surface area contributed by atoms with Crippen LogP contribution in [0.15, 0.2) is 6.07 Å². The van der Waals surface area contributed by atoms with Crippen molar-refractivity contribution >= 4 is 11.7 Å². The van der Waals surface area contributed by atoms with Gasteiger partial charge in [-0.15, -0.1) is 0 Å². The Morgan fingerprint density at radius 2 is 2.17 bits per heavy atom. The van der Waals surface area contributed by atoms with E-state index in [0.717, 1.165) is 37.0 Å². The Hall–Kier alpha value is -1.77. The van der Waals surface area contributed by atoms with Crippen molar-refractivity contribution in [1.29, 1.82) is 0 Å². The molecule has 0 saturated carbocycles. The summed E-state index contributed by atoms with van der Waals surface area (Å²) in [5.74, 6) is 0.444. The fraction of sp³-hybridized carbons (Fsp3) is 0.800. The molecule has 162 valence electrons. The Morgan fingerprint density at radius 1 is 1.34 bits per heavy atom. The number of carbonyl (C=O) groups is 1. The number of likely N-dealkylation sites (tertiary alicyclic amines) is 1. The van der Waals surface area contributed by atoms with Crippen molar-refractivity contribution < 1.29 is 22.7 Å². The van der Waals surface area contributed by atoms with Gasteiger partial charge >= 0.3 is 6.18 Å². The second-order valence-corrected chi connectivity index (χ2v) is 8.36. The summed E-state index contributed by atoms with van der Waals surface area (Å²) >= 11 is 0. The van der Waals surface area contributed by atoms with Crippen LogP contribution in [0.3, 0.4) is 0 Å². The van der Waals surface area contributed by atoms with E-state index in [0.29, 0.717) is 37.3 Å². The average molecular weight is 414 g/mol. The summed E-state index contributed by atoms with van der Waals surface area (Å²) in [7, 11) is 0. The standard InChI is InChI=1S/C20H29F3N4O2/c1-2-13-11-17(20(21,22)23)27-18(24-13)12-15(25-27)16-6-3-9-26(16)19(28)8-7-14-5-4-10-29-14/h12-14,16-17,24H,2-11H2,1H3/t13-,14-,16-,17-/m1/s1. The SMILES string of the molecule is CC[C@@H]1C[C@H](C(F)(F)F)n2nc([C@H]3CCCN3C(=O)CC[C@H]3CCCO3)cc2N1. The summed E-state index contributed by atoms with van der Waals surface area (Å²) in [6.07, 6.45) is 1.12. The molecule has 6 nitrogen and oxygen atoms in total. The van der Waals surface area contributed by atoms with E-state index >= 15 is 0 Å². The number of rotatable bonds is 5. The van der Waals surface area contributed by atoms with Crippen LogP contribution in [0.2, 0.25) is 0 Å². The number of halogens is 3. The maximum absolute atomic E-state index is 13.6. The molecular weight excluding hydrogens is 385 g/mol. The van der Waals surface area contributed by atoms with Crippen molar-refractivity contribution in [3.8, 4) is 0 Å². The Morgan fingerprint density at radius 3 is 2.86 bits per heavy atom. The third kappa shape index (κ3) is 4.25. The average Bonchev–Trinajstić information content (AvgIpc) is 3.43. The number of nitrogens with zero attached hydrogens (tertiary/aromatic N) is 3. The van der Waals surface area contributed by atoms with Crippen molar-refractivity contribution in [2.75, 3.05) is 18.5 Å². The molecule has 9 heteroatoms. The number of aromatic nitrogens is 2. The monoisotopic (exact) mass is 414 g/mol. The number of hydrogen-bond acceptors (Lipinski definition) is 4. The molecule has 0 spiro atoms. The largest absolute Gasteiger partial charge is 0.410 e. The number of ether oxygens (including phenoxy) is 1. The molecule has 4 rings (SSSR count). The molecule has 0 radical (unpaired) electrons. The van der Waals surface area contributed by atoms with Crippen molar-refractivity contribution in [2.45, 2.75) is 88.7 Å². The Balaban J connectivity index is 1.50. The molecule has 2 saturated heterocycles. The van der Waals surface area contributed by atoms with Gasteiger partial charge in [-0.25, -0.2) is 4.68 Å². The van der Waals surface area contributed by atoms with Gasteiger partial charge in [0.1, 0.15) is 5.82 Å². The quantitative estimate of drug-likeness (QED) is 0.784. The number of nitrogens with one attached hydrogen (secondary N) is 1. The van der Waals surface area contributed by atoms with E-state index in [-0.39, 0.29) is 30.5 Å². The van der Waals surface area contributed by atoms with E-state index in [1.807, 2.05) is 6.92 Å².